The zero-order valence-electron chi connectivity index (χ0n) is 14.5. The Labute approximate surface area is 147 Å². The van der Waals surface area contributed by atoms with E-state index in [0.717, 1.165) is 0 Å². The lowest BCUT2D eigenvalue weighted by molar-refractivity contribution is 0.0746. The van der Waals surface area contributed by atoms with Crippen molar-refractivity contribution in [2.24, 2.45) is 0 Å². The first-order chi connectivity index (χ1) is 11.9. The van der Waals surface area contributed by atoms with E-state index >= 15 is 0 Å². The third-order valence-corrected chi connectivity index (χ3v) is 3.97. The highest BCUT2D eigenvalue weighted by atomic mass is 16.5. The minimum Gasteiger partial charge on any atom is -0.457 e. The van der Waals surface area contributed by atoms with Crippen molar-refractivity contribution in [1.29, 1.82) is 5.26 Å². The molecular formula is C20H20N2O3. The Morgan fingerprint density at radius 2 is 1.52 bits per heavy atom. The summed E-state index contributed by atoms with van der Waals surface area (Å²) in [4.78, 5) is 25.2. The Kier molecular flexibility index (Phi) is 5.91. The number of Topliss-reactive ketones (excluding diaryl/α,β-unsaturated/α-hetero) is 1. The van der Waals surface area contributed by atoms with Gasteiger partial charge >= 0.3 is 0 Å². The van der Waals surface area contributed by atoms with Crippen LogP contribution in [0, 0.1) is 11.3 Å². The second-order valence-electron chi connectivity index (χ2n) is 5.83. The lowest BCUT2D eigenvalue weighted by Crippen LogP contribution is -2.34. The molecule has 2 aromatic carbocycles. The monoisotopic (exact) mass is 336 g/mol. The topological polar surface area (TPSA) is 70.4 Å². The Balaban J connectivity index is 2.05. The molecule has 0 N–H and O–H groups in total. The van der Waals surface area contributed by atoms with Crippen LogP contribution in [0.15, 0.2) is 48.5 Å². The molecule has 128 valence electrons. The summed E-state index contributed by atoms with van der Waals surface area (Å²) >= 11 is 0. The van der Waals surface area contributed by atoms with E-state index in [1.807, 2.05) is 6.92 Å². The maximum absolute atomic E-state index is 12.4. The molecule has 0 aliphatic heterocycles. The third-order valence-electron chi connectivity index (χ3n) is 3.97. The lowest BCUT2D eigenvalue weighted by Gasteiger charge is -2.23. The fourth-order valence-corrected chi connectivity index (χ4v) is 2.23. The van der Waals surface area contributed by atoms with Gasteiger partial charge in [0.05, 0.1) is 12.5 Å². The van der Waals surface area contributed by atoms with Gasteiger partial charge < -0.3 is 9.64 Å². The summed E-state index contributed by atoms with van der Waals surface area (Å²) in [7, 11) is 1.69. The fraction of sp³-hybridized carbons (Fsp3) is 0.250. The number of carbonyl (C=O) groups is 2. The molecule has 25 heavy (non-hydrogen) atoms. The standard InChI is InChI=1S/C20H20N2O3/c1-14(12-13-21)22(3)20(24)17-6-10-19(11-7-17)25-18-8-4-16(5-9-18)15(2)23/h4-11,14H,12H2,1-3H3/t14-/m0/s1. The molecule has 0 radical (unpaired) electrons. The molecular weight excluding hydrogens is 316 g/mol. The van der Waals surface area contributed by atoms with Gasteiger partial charge in [-0.05, 0) is 62.4 Å². The first-order valence-corrected chi connectivity index (χ1v) is 7.95. The van der Waals surface area contributed by atoms with E-state index in [-0.39, 0.29) is 17.7 Å². The van der Waals surface area contributed by atoms with Crippen molar-refractivity contribution in [2.45, 2.75) is 26.3 Å². The van der Waals surface area contributed by atoms with Crippen molar-refractivity contribution in [3.05, 3.63) is 59.7 Å². The number of hydrogen-bond acceptors (Lipinski definition) is 4. The molecule has 5 nitrogen and oxygen atoms in total. The van der Waals surface area contributed by atoms with E-state index < -0.39 is 0 Å². The van der Waals surface area contributed by atoms with Crippen LogP contribution in [0.4, 0.5) is 0 Å². The first kappa shape index (κ1) is 18.2. The number of benzene rings is 2. The zero-order chi connectivity index (χ0) is 18.4. The maximum Gasteiger partial charge on any atom is 0.253 e. The van der Waals surface area contributed by atoms with E-state index in [1.165, 1.54) is 6.92 Å². The highest BCUT2D eigenvalue weighted by molar-refractivity contribution is 5.94. The van der Waals surface area contributed by atoms with Gasteiger partial charge in [0, 0.05) is 24.2 Å². The minimum atomic E-state index is -0.145. The van der Waals surface area contributed by atoms with Gasteiger partial charge in [0.1, 0.15) is 11.5 Å². The molecule has 0 saturated heterocycles. The largest absolute Gasteiger partial charge is 0.457 e. The van der Waals surface area contributed by atoms with Gasteiger partial charge in [0.15, 0.2) is 5.78 Å². The molecule has 5 heteroatoms. The van der Waals surface area contributed by atoms with Gasteiger partial charge in [0.2, 0.25) is 0 Å². The number of rotatable bonds is 6. The summed E-state index contributed by atoms with van der Waals surface area (Å²) in [6, 6.07) is 15.6. The summed E-state index contributed by atoms with van der Waals surface area (Å²) in [6.07, 6.45) is 0.291. The van der Waals surface area contributed by atoms with Gasteiger partial charge in [-0.15, -0.1) is 0 Å². The highest BCUT2D eigenvalue weighted by Crippen LogP contribution is 2.22. The van der Waals surface area contributed by atoms with Crippen molar-refractivity contribution in [2.75, 3.05) is 7.05 Å². The Morgan fingerprint density at radius 1 is 1.04 bits per heavy atom. The van der Waals surface area contributed by atoms with Crippen LogP contribution in [-0.4, -0.2) is 29.7 Å². The van der Waals surface area contributed by atoms with Crippen LogP contribution in [0.2, 0.25) is 0 Å². The average Bonchev–Trinajstić information content (AvgIpc) is 2.61. The molecule has 1 atom stereocenters. The number of nitriles is 1. The Bertz CT molecular complexity index is 789. The Hall–Kier alpha value is -3.13. The van der Waals surface area contributed by atoms with Crippen LogP contribution >= 0.6 is 0 Å². The van der Waals surface area contributed by atoms with Crippen molar-refractivity contribution < 1.29 is 14.3 Å². The van der Waals surface area contributed by atoms with Crippen molar-refractivity contribution in [3.63, 3.8) is 0 Å². The summed E-state index contributed by atoms with van der Waals surface area (Å²) in [5, 5.41) is 8.74. The van der Waals surface area contributed by atoms with Gasteiger partial charge in [-0.3, -0.25) is 9.59 Å². The van der Waals surface area contributed by atoms with E-state index in [0.29, 0.717) is 29.0 Å². The van der Waals surface area contributed by atoms with Crippen LogP contribution in [0.1, 0.15) is 41.0 Å². The number of nitrogens with zero attached hydrogens (tertiary/aromatic N) is 2. The molecule has 1 amide bonds. The summed E-state index contributed by atoms with van der Waals surface area (Å²) in [5.74, 6) is 1.08. The third kappa shape index (κ3) is 4.67. The predicted octanol–water partition coefficient (Wildman–Crippen LogP) is 4.06. The van der Waals surface area contributed by atoms with E-state index in [2.05, 4.69) is 6.07 Å². The zero-order valence-corrected chi connectivity index (χ0v) is 14.5. The molecule has 0 aliphatic carbocycles. The Morgan fingerprint density at radius 3 is 1.96 bits per heavy atom. The number of hydrogen-bond donors (Lipinski definition) is 0. The summed E-state index contributed by atoms with van der Waals surface area (Å²) in [6.45, 7) is 3.35. The quantitative estimate of drug-likeness (QED) is 0.746. The molecule has 0 bridgehead atoms. The van der Waals surface area contributed by atoms with E-state index in [1.54, 1.807) is 60.5 Å². The predicted molar refractivity (Wildman–Crippen MR) is 94.7 cm³/mol. The SMILES string of the molecule is CC(=O)c1ccc(Oc2ccc(C(=O)N(C)[C@@H](C)CC#N)cc2)cc1. The molecule has 2 rings (SSSR count). The molecule has 0 heterocycles. The molecule has 0 aliphatic rings. The van der Waals surface area contributed by atoms with E-state index in [4.69, 9.17) is 10.00 Å². The van der Waals surface area contributed by atoms with E-state index in [9.17, 15) is 9.59 Å². The van der Waals surface area contributed by atoms with Crippen molar-refractivity contribution in [3.8, 4) is 17.6 Å². The molecule has 0 unspecified atom stereocenters. The van der Waals surface area contributed by atoms with Crippen molar-refractivity contribution >= 4 is 11.7 Å². The number of ketones is 1. The second-order valence-corrected chi connectivity index (χ2v) is 5.83. The van der Waals surface area contributed by atoms with Crippen molar-refractivity contribution in [1.82, 2.24) is 4.90 Å². The molecule has 2 aromatic rings. The summed E-state index contributed by atoms with van der Waals surface area (Å²) < 4.78 is 5.72. The maximum atomic E-state index is 12.4. The van der Waals surface area contributed by atoms with Crippen LogP contribution < -0.4 is 4.74 Å². The molecule has 0 aromatic heterocycles. The number of carbonyl (C=O) groups excluding carboxylic acids is 2. The van der Waals surface area contributed by atoms with Gasteiger partial charge in [-0.2, -0.15) is 5.26 Å². The van der Waals surface area contributed by atoms with Gasteiger partial charge in [-0.25, -0.2) is 0 Å². The van der Waals surface area contributed by atoms with Crippen LogP contribution in [0.3, 0.4) is 0 Å². The highest BCUT2D eigenvalue weighted by Gasteiger charge is 2.17. The first-order valence-electron chi connectivity index (χ1n) is 7.95. The summed E-state index contributed by atoms with van der Waals surface area (Å²) in [5.41, 5.74) is 1.16. The van der Waals surface area contributed by atoms with Crippen LogP contribution in [0.25, 0.3) is 0 Å². The average molecular weight is 336 g/mol. The fourth-order valence-electron chi connectivity index (χ4n) is 2.23. The molecule has 0 fully saturated rings. The van der Waals surface area contributed by atoms with Gasteiger partial charge in [-0.1, -0.05) is 0 Å². The van der Waals surface area contributed by atoms with Crippen LogP contribution in [-0.2, 0) is 0 Å². The number of ether oxygens (including phenoxy) is 1. The second kappa shape index (κ2) is 8.11. The lowest BCUT2D eigenvalue weighted by atomic mass is 10.1. The number of amides is 1. The molecule has 0 saturated carbocycles. The molecule has 0 spiro atoms. The van der Waals surface area contributed by atoms with Gasteiger partial charge in [0.25, 0.3) is 5.91 Å². The smallest absolute Gasteiger partial charge is 0.253 e. The minimum absolute atomic E-state index is 0.00385. The normalized spacial score (nSPS) is 11.3. The van der Waals surface area contributed by atoms with Crippen LogP contribution in [0.5, 0.6) is 11.5 Å².